The van der Waals surface area contributed by atoms with Gasteiger partial charge in [-0.1, -0.05) is 160 Å². The number of fused-ring (bicyclic) bond motifs is 4. The highest BCUT2D eigenvalue weighted by Crippen LogP contribution is 2.44. The zero-order valence-electron chi connectivity index (χ0n) is 33.1. The van der Waals surface area contributed by atoms with E-state index < -0.39 is 0 Å². The number of rotatable bonds is 6. The third-order valence-corrected chi connectivity index (χ3v) is 11.1. The molecule has 0 N–H and O–H groups in total. The molecule has 2 atom stereocenters. The zero-order chi connectivity index (χ0) is 37.2. The molecule has 0 saturated heterocycles. The molecule has 1 aliphatic heterocycles. The second kappa shape index (κ2) is 15.2. The minimum absolute atomic E-state index is 0.0136. The first-order valence-electron chi connectivity index (χ1n) is 19.5. The average molecular weight is 686 g/mol. The van der Waals surface area contributed by atoms with Crippen LogP contribution in [0.4, 0.5) is 0 Å². The molecule has 0 spiro atoms. The number of benzene rings is 2. The third-order valence-electron chi connectivity index (χ3n) is 11.1. The Balaban J connectivity index is 1.75. The van der Waals surface area contributed by atoms with Crippen molar-refractivity contribution in [2.45, 2.75) is 105 Å². The largest absolute Gasteiger partial charge is 0.248 e. The molecular formula is C51H59N. The van der Waals surface area contributed by atoms with Gasteiger partial charge in [0.15, 0.2) is 0 Å². The van der Waals surface area contributed by atoms with E-state index >= 15 is 0 Å². The van der Waals surface area contributed by atoms with Crippen LogP contribution in [0, 0.1) is 11.8 Å². The highest BCUT2D eigenvalue weighted by Gasteiger charge is 2.29. The van der Waals surface area contributed by atoms with E-state index in [0.29, 0.717) is 11.8 Å². The Hall–Kier alpha value is -4.49. The van der Waals surface area contributed by atoms with Crippen molar-refractivity contribution >= 4 is 22.3 Å². The maximum atomic E-state index is 5.57. The van der Waals surface area contributed by atoms with Crippen molar-refractivity contribution in [3.63, 3.8) is 0 Å². The molecule has 2 bridgehead atoms. The molecule has 3 aliphatic rings. The summed E-state index contributed by atoms with van der Waals surface area (Å²) in [7, 11) is 0. The van der Waals surface area contributed by atoms with Gasteiger partial charge in [0.05, 0.1) is 11.4 Å². The van der Waals surface area contributed by atoms with Crippen LogP contribution in [0.15, 0.2) is 116 Å². The molecule has 3 aromatic rings. The number of nitrogens with zero attached hydrogens (tertiary/aromatic N) is 1. The van der Waals surface area contributed by atoms with Crippen LogP contribution in [-0.2, 0) is 23.7 Å². The highest BCUT2D eigenvalue weighted by atomic mass is 14.7. The molecule has 52 heavy (non-hydrogen) atoms. The summed E-state index contributed by atoms with van der Waals surface area (Å²) < 4.78 is 0. The van der Waals surface area contributed by atoms with E-state index in [4.69, 9.17) is 4.98 Å². The van der Waals surface area contributed by atoms with Crippen molar-refractivity contribution in [2.24, 2.45) is 11.8 Å². The molecule has 268 valence electrons. The lowest BCUT2D eigenvalue weighted by molar-refractivity contribution is 0.588. The molecular weight excluding hydrogens is 627 g/mol. The number of pyridine rings is 1. The van der Waals surface area contributed by atoms with Gasteiger partial charge in [0.1, 0.15) is 0 Å². The van der Waals surface area contributed by atoms with Gasteiger partial charge in [0.2, 0.25) is 0 Å². The van der Waals surface area contributed by atoms with Gasteiger partial charge in [-0.15, -0.1) is 0 Å². The van der Waals surface area contributed by atoms with E-state index in [0.717, 1.165) is 61.1 Å². The fourth-order valence-electron chi connectivity index (χ4n) is 8.08. The van der Waals surface area contributed by atoms with Crippen molar-refractivity contribution in [3.05, 3.63) is 172 Å². The maximum Gasteiger partial charge on any atom is 0.0715 e. The molecule has 2 aliphatic carbocycles. The summed E-state index contributed by atoms with van der Waals surface area (Å²) in [6.07, 6.45) is 27.9. The van der Waals surface area contributed by atoms with E-state index in [1.807, 2.05) is 24.3 Å². The Labute approximate surface area is 315 Å². The van der Waals surface area contributed by atoms with Gasteiger partial charge in [-0.05, 0) is 129 Å². The quantitative estimate of drug-likeness (QED) is 0.235. The Morgan fingerprint density at radius 3 is 1.35 bits per heavy atom. The van der Waals surface area contributed by atoms with Crippen LogP contribution >= 0.6 is 0 Å². The summed E-state index contributed by atoms with van der Waals surface area (Å²) in [4.78, 5) is 5.57. The first-order valence-corrected chi connectivity index (χ1v) is 19.5. The molecule has 1 aromatic heterocycles. The predicted molar refractivity (Wildman–Crippen MR) is 228 cm³/mol. The highest BCUT2D eigenvalue weighted by molar-refractivity contribution is 5.89. The van der Waals surface area contributed by atoms with Crippen LogP contribution < -0.4 is 0 Å². The molecule has 0 fully saturated rings. The minimum atomic E-state index is -0.0136. The first-order chi connectivity index (χ1) is 24.8. The number of hydrogen-bond donors (Lipinski definition) is 0. The monoisotopic (exact) mass is 685 g/mol. The van der Waals surface area contributed by atoms with Gasteiger partial charge in [-0.25, -0.2) is 4.98 Å². The fraction of sp³-hybridized carbons (Fsp3) is 0.353. The van der Waals surface area contributed by atoms with Gasteiger partial charge in [-0.2, -0.15) is 0 Å². The topological polar surface area (TPSA) is 12.9 Å². The third kappa shape index (κ3) is 7.95. The van der Waals surface area contributed by atoms with Crippen molar-refractivity contribution in [2.75, 3.05) is 0 Å². The summed E-state index contributed by atoms with van der Waals surface area (Å²) in [5.74, 6) is 1.32. The van der Waals surface area contributed by atoms with Gasteiger partial charge < -0.3 is 0 Å². The fourth-order valence-corrected chi connectivity index (χ4v) is 8.08. The number of aromatic nitrogens is 1. The van der Waals surface area contributed by atoms with Crippen LogP contribution in [0.1, 0.15) is 137 Å². The van der Waals surface area contributed by atoms with Crippen LogP contribution in [0.5, 0.6) is 0 Å². The zero-order valence-corrected chi connectivity index (χ0v) is 33.1. The molecule has 2 aromatic carbocycles. The SMILES string of the molecule is C=C/C=C\C=C1/c2cccc(n2)/C(=C\C=C/C=C)c2cc(C(C)(C)C)cc(C3=CCC(C)C3)c2CCc2c(C3=CCC(C)C3)cc(C(C)(C)C)cc21. The lowest BCUT2D eigenvalue weighted by atomic mass is 9.77. The molecule has 1 heteroatoms. The van der Waals surface area contributed by atoms with Crippen LogP contribution in [0.2, 0.25) is 0 Å². The lowest BCUT2D eigenvalue weighted by Crippen LogP contribution is -2.15. The summed E-state index contributed by atoms with van der Waals surface area (Å²) in [6.45, 7) is 26.8. The summed E-state index contributed by atoms with van der Waals surface area (Å²) in [5.41, 5.74) is 18.3. The van der Waals surface area contributed by atoms with Gasteiger partial charge >= 0.3 is 0 Å². The molecule has 1 nitrogen and oxygen atoms in total. The van der Waals surface area contributed by atoms with E-state index in [1.165, 1.54) is 55.7 Å². The summed E-state index contributed by atoms with van der Waals surface area (Å²) >= 11 is 0. The number of hydrogen-bond acceptors (Lipinski definition) is 1. The minimum Gasteiger partial charge on any atom is -0.248 e. The number of allylic oxidation sites excluding steroid dienone is 12. The van der Waals surface area contributed by atoms with Crippen molar-refractivity contribution in [1.82, 2.24) is 4.98 Å². The van der Waals surface area contributed by atoms with E-state index in [1.54, 1.807) is 0 Å². The van der Waals surface area contributed by atoms with Crippen molar-refractivity contribution in [3.8, 4) is 0 Å². The van der Waals surface area contributed by atoms with Crippen molar-refractivity contribution in [1.29, 1.82) is 0 Å². The molecule has 0 saturated carbocycles. The van der Waals surface area contributed by atoms with Crippen LogP contribution in [-0.4, -0.2) is 4.98 Å². The predicted octanol–water partition coefficient (Wildman–Crippen LogP) is 13.7. The molecule has 0 amide bonds. The van der Waals surface area contributed by atoms with Crippen LogP contribution in [0.3, 0.4) is 0 Å². The molecule has 2 unspecified atom stereocenters. The Kier molecular flexibility index (Phi) is 10.9. The molecule has 2 heterocycles. The molecule has 0 radical (unpaired) electrons. The standard InChI is InChI=1S/C51H59N/c1-11-13-15-18-42-46-32-38(50(5,6)7)30-44(36-24-22-34(3)28-36)40(46)26-27-41-45(37-25-23-35(4)29-37)31-39(51(8,9)10)33-47(41)43(19-16-14-12-2)49-21-17-20-48(42)52-49/h11-21,24-25,30-35H,1-2,22-23,26-29H2,3-10H3/b15-13-,16-14-,42-18-,43-19-. The van der Waals surface area contributed by atoms with Crippen LogP contribution in [0.25, 0.3) is 22.3 Å². The Bertz CT molecular complexity index is 1910. The summed E-state index contributed by atoms with van der Waals surface area (Å²) in [6, 6.07) is 16.6. The second-order valence-corrected chi connectivity index (χ2v) is 17.5. The van der Waals surface area contributed by atoms with Crippen molar-refractivity contribution < 1.29 is 0 Å². The smallest absolute Gasteiger partial charge is 0.0715 e. The Morgan fingerprint density at radius 1 is 0.596 bits per heavy atom. The van der Waals surface area contributed by atoms with E-state index in [-0.39, 0.29) is 10.8 Å². The molecule has 6 rings (SSSR count). The lowest BCUT2D eigenvalue weighted by Gasteiger charge is -2.27. The summed E-state index contributed by atoms with van der Waals surface area (Å²) in [5, 5.41) is 0. The normalized spacial score (nSPS) is 20.9. The van der Waals surface area contributed by atoms with E-state index in [9.17, 15) is 0 Å². The second-order valence-electron chi connectivity index (χ2n) is 17.5. The Morgan fingerprint density at radius 2 is 1.00 bits per heavy atom. The maximum absolute atomic E-state index is 5.57. The average Bonchev–Trinajstić information content (AvgIpc) is 3.74. The van der Waals surface area contributed by atoms with E-state index in [2.05, 4.69) is 147 Å². The van der Waals surface area contributed by atoms with Gasteiger partial charge in [0, 0.05) is 11.1 Å². The first kappa shape index (κ1) is 37.3. The van der Waals surface area contributed by atoms with Gasteiger partial charge in [-0.3, -0.25) is 0 Å². The van der Waals surface area contributed by atoms with Gasteiger partial charge in [0.25, 0.3) is 0 Å².